The summed E-state index contributed by atoms with van der Waals surface area (Å²) in [4.78, 5) is 13.1. The van der Waals surface area contributed by atoms with Crippen LogP contribution >= 0.6 is 23.5 Å². The molecule has 0 aromatic carbocycles. The number of ether oxygens (including phenoxy) is 1. The maximum absolute atomic E-state index is 10.2. The van der Waals surface area contributed by atoms with Gasteiger partial charge >= 0.3 is 0 Å². The first-order valence-corrected chi connectivity index (χ1v) is 9.00. The van der Waals surface area contributed by atoms with Gasteiger partial charge in [0.15, 0.2) is 17.0 Å². The fourth-order valence-corrected chi connectivity index (χ4v) is 3.33. The average molecular weight is 344 g/mol. The summed E-state index contributed by atoms with van der Waals surface area (Å²) in [6.07, 6.45) is 1.27. The van der Waals surface area contributed by atoms with Crippen LogP contribution in [0.5, 0.6) is 0 Å². The summed E-state index contributed by atoms with van der Waals surface area (Å²) in [7, 11) is 0. The molecule has 2 aromatic rings. The Morgan fingerprint density at radius 1 is 1.23 bits per heavy atom. The first-order chi connectivity index (χ1) is 10.6. The molecule has 22 heavy (non-hydrogen) atoms. The van der Waals surface area contributed by atoms with E-state index in [2.05, 4.69) is 15.0 Å². The Morgan fingerprint density at radius 2 is 2.00 bits per heavy atom. The van der Waals surface area contributed by atoms with Crippen LogP contribution in [-0.2, 0) is 4.74 Å². The molecule has 0 radical (unpaired) electrons. The molecule has 120 valence electrons. The molecule has 1 aliphatic heterocycles. The highest BCUT2D eigenvalue weighted by atomic mass is 32.2. The fourth-order valence-electron chi connectivity index (χ4n) is 2.40. The molecular formula is C12H16N4O4S2. The number of nitrogens with zero attached hydrogens (tertiary/aromatic N) is 4. The number of fused-ring (bicyclic) bond motifs is 1. The second-order valence-electron chi connectivity index (χ2n) is 4.77. The second kappa shape index (κ2) is 6.30. The molecule has 8 nitrogen and oxygen atoms in total. The summed E-state index contributed by atoms with van der Waals surface area (Å²) >= 11 is 2.86. The minimum atomic E-state index is -1.17. The lowest BCUT2D eigenvalue weighted by Crippen LogP contribution is -2.33. The van der Waals surface area contributed by atoms with Crippen LogP contribution in [0.25, 0.3) is 11.2 Å². The summed E-state index contributed by atoms with van der Waals surface area (Å²) < 4.78 is 7.10. The first kappa shape index (κ1) is 16.0. The summed E-state index contributed by atoms with van der Waals surface area (Å²) in [5.74, 6) is 0. The van der Waals surface area contributed by atoms with Gasteiger partial charge in [0.2, 0.25) is 0 Å². The molecule has 1 aliphatic rings. The molecule has 3 rings (SSSR count). The molecule has 4 atom stereocenters. The predicted molar refractivity (Wildman–Crippen MR) is 81.9 cm³/mol. The van der Waals surface area contributed by atoms with Gasteiger partial charge in [-0.25, -0.2) is 15.0 Å². The molecule has 10 heteroatoms. The number of hydrogen-bond acceptors (Lipinski definition) is 9. The molecule has 0 bridgehead atoms. The van der Waals surface area contributed by atoms with Crippen LogP contribution in [0.3, 0.4) is 0 Å². The van der Waals surface area contributed by atoms with Crippen LogP contribution in [0.1, 0.15) is 6.23 Å². The lowest BCUT2D eigenvalue weighted by atomic mass is 10.1. The molecule has 3 heterocycles. The number of thioether (sulfide) groups is 2. The van der Waals surface area contributed by atoms with Gasteiger partial charge in [0.1, 0.15) is 28.9 Å². The SMILES string of the molecule is CSc1nc(SC)c2ncn([C@@H]3O[C@H](CO)[C@@H](O)[C@H]3O)c2n1. The Morgan fingerprint density at radius 3 is 2.59 bits per heavy atom. The lowest BCUT2D eigenvalue weighted by molar-refractivity contribution is -0.0511. The normalized spacial score (nSPS) is 28.6. The second-order valence-corrected chi connectivity index (χ2v) is 6.34. The Kier molecular flexibility index (Phi) is 4.57. The zero-order valence-electron chi connectivity index (χ0n) is 11.9. The van der Waals surface area contributed by atoms with Crippen molar-refractivity contribution in [1.29, 1.82) is 0 Å². The maximum Gasteiger partial charge on any atom is 0.190 e. The Labute approximate surface area is 134 Å². The molecule has 1 saturated heterocycles. The molecular weight excluding hydrogens is 328 g/mol. The minimum Gasteiger partial charge on any atom is -0.394 e. The van der Waals surface area contributed by atoms with Gasteiger partial charge in [-0.2, -0.15) is 0 Å². The van der Waals surface area contributed by atoms with Crippen molar-refractivity contribution in [3.05, 3.63) is 6.33 Å². The van der Waals surface area contributed by atoms with E-state index in [1.807, 2.05) is 12.5 Å². The van der Waals surface area contributed by atoms with E-state index < -0.39 is 24.5 Å². The lowest BCUT2D eigenvalue weighted by Gasteiger charge is -2.16. The van der Waals surface area contributed by atoms with E-state index in [0.29, 0.717) is 16.3 Å². The van der Waals surface area contributed by atoms with Gasteiger partial charge in [-0.1, -0.05) is 11.8 Å². The minimum absolute atomic E-state index is 0.373. The van der Waals surface area contributed by atoms with E-state index in [1.165, 1.54) is 29.9 Å². The van der Waals surface area contributed by atoms with Crippen molar-refractivity contribution in [3.63, 3.8) is 0 Å². The van der Waals surface area contributed by atoms with Gasteiger partial charge in [-0.15, -0.1) is 11.8 Å². The van der Waals surface area contributed by atoms with Crippen molar-refractivity contribution >= 4 is 34.7 Å². The van der Waals surface area contributed by atoms with E-state index in [1.54, 1.807) is 4.57 Å². The van der Waals surface area contributed by atoms with Crippen LogP contribution in [-0.4, -0.2) is 72.3 Å². The zero-order valence-corrected chi connectivity index (χ0v) is 13.6. The predicted octanol–water partition coefficient (Wildman–Crippen LogP) is -0.118. The van der Waals surface area contributed by atoms with E-state index in [9.17, 15) is 15.3 Å². The molecule has 1 fully saturated rings. The summed E-state index contributed by atoms with van der Waals surface area (Å²) in [6.45, 7) is -0.373. The van der Waals surface area contributed by atoms with E-state index in [-0.39, 0.29) is 6.61 Å². The third-order valence-electron chi connectivity index (χ3n) is 3.54. The monoisotopic (exact) mass is 344 g/mol. The Hall–Kier alpha value is -0.910. The Balaban J connectivity index is 2.08. The standard InChI is InChI=1S/C12H16N4O4S2/c1-21-10-6-9(14-12(15-10)22-2)16(4-13-6)11-8(19)7(18)5(3-17)20-11/h4-5,7-8,11,17-19H,3H2,1-2H3/t5-,7-,8-,11-/m1/s1. The molecule has 0 aliphatic carbocycles. The van der Waals surface area contributed by atoms with Gasteiger partial charge in [0.25, 0.3) is 0 Å². The first-order valence-electron chi connectivity index (χ1n) is 6.55. The van der Waals surface area contributed by atoms with E-state index >= 15 is 0 Å². The van der Waals surface area contributed by atoms with Crippen LogP contribution in [0.15, 0.2) is 16.5 Å². The largest absolute Gasteiger partial charge is 0.394 e. The third-order valence-corrected chi connectivity index (χ3v) is 4.76. The number of hydrogen-bond donors (Lipinski definition) is 3. The molecule has 0 amide bonds. The van der Waals surface area contributed by atoms with Crippen molar-refractivity contribution in [2.75, 3.05) is 19.1 Å². The maximum atomic E-state index is 10.2. The summed E-state index contributed by atoms with van der Waals surface area (Å²) in [5.41, 5.74) is 1.14. The van der Waals surface area contributed by atoms with Crippen molar-refractivity contribution in [1.82, 2.24) is 19.5 Å². The average Bonchev–Trinajstić information content (AvgIpc) is 3.08. The van der Waals surface area contributed by atoms with Crippen LogP contribution in [0.2, 0.25) is 0 Å². The van der Waals surface area contributed by atoms with Gasteiger partial charge in [-0.05, 0) is 12.5 Å². The molecule has 0 saturated carbocycles. The molecule has 0 spiro atoms. The highest BCUT2D eigenvalue weighted by Gasteiger charge is 2.44. The van der Waals surface area contributed by atoms with Crippen molar-refractivity contribution in [2.24, 2.45) is 0 Å². The quantitative estimate of drug-likeness (QED) is 0.397. The smallest absolute Gasteiger partial charge is 0.190 e. The van der Waals surface area contributed by atoms with Gasteiger partial charge in [-0.3, -0.25) is 4.57 Å². The topological polar surface area (TPSA) is 114 Å². The number of aliphatic hydroxyl groups is 3. The Bertz CT molecular complexity index is 682. The van der Waals surface area contributed by atoms with E-state index in [4.69, 9.17) is 4.74 Å². The highest BCUT2D eigenvalue weighted by Crippen LogP contribution is 2.33. The summed E-state index contributed by atoms with van der Waals surface area (Å²) in [5, 5.41) is 30.6. The molecule has 3 N–H and O–H groups in total. The van der Waals surface area contributed by atoms with Gasteiger partial charge in [0.05, 0.1) is 12.9 Å². The number of imidazole rings is 1. The van der Waals surface area contributed by atoms with Crippen molar-refractivity contribution in [2.45, 2.75) is 34.7 Å². The van der Waals surface area contributed by atoms with Crippen molar-refractivity contribution in [3.8, 4) is 0 Å². The van der Waals surface area contributed by atoms with Crippen LogP contribution in [0, 0.1) is 0 Å². The van der Waals surface area contributed by atoms with Gasteiger partial charge in [0, 0.05) is 0 Å². The van der Waals surface area contributed by atoms with Crippen molar-refractivity contribution < 1.29 is 20.1 Å². The van der Waals surface area contributed by atoms with Crippen LogP contribution in [0.4, 0.5) is 0 Å². The summed E-state index contributed by atoms with van der Waals surface area (Å²) in [6, 6.07) is 0. The zero-order chi connectivity index (χ0) is 15.9. The number of rotatable bonds is 4. The third kappa shape index (κ3) is 2.49. The molecule has 0 unspecified atom stereocenters. The van der Waals surface area contributed by atoms with E-state index in [0.717, 1.165) is 5.03 Å². The molecule has 2 aromatic heterocycles. The highest BCUT2D eigenvalue weighted by molar-refractivity contribution is 7.99. The van der Waals surface area contributed by atoms with Gasteiger partial charge < -0.3 is 20.1 Å². The number of aliphatic hydroxyl groups excluding tert-OH is 3. The number of aromatic nitrogens is 4. The fraction of sp³-hybridized carbons (Fsp3) is 0.583. The van der Waals surface area contributed by atoms with Crippen LogP contribution < -0.4 is 0 Å².